The minimum atomic E-state index is -0.480. The number of fused-ring (bicyclic) bond motifs is 1. The van der Waals surface area contributed by atoms with E-state index in [1.54, 1.807) is 4.90 Å². The molecular weight excluding hydrogens is 256 g/mol. The molecule has 1 saturated heterocycles. The van der Waals surface area contributed by atoms with Gasteiger partial charge in [-0.25, -0.2) is 0 Å². The zero-order chi connectivity index (χ0) is 13.9. The van der Waals surface area contributed by atoms with Gasteiger partial charge in [-0.15, -0.1) is 0 Å². The van der Waals surface area contributed by atoms with Crippen molar-refractivity contribution in [2.24, 2.45) is 0 Å². The molecular formula is C15H16N2O3. The van der Waals surface area contributed by atoms with Gasteiger partial charge in [0.05, 0.1) is 31.8 Å². The molecule has 104 valence electrons. The van der Waals surface area contributed by atoms with Crippen molar-refractivity contribution in [2.75, 3.05) is 26.4 Å². The molecule has 0 N–H and O–H groups in total. The molecule has 5 nitrogen and oxygen atoms in total. The van der Waals surface area contributed by atoms with Gasteiger partial charge in [0.25, 0.3) is 0 Å². The van der Waals surface area contributed by atoms with Gasteiger partial charge in [0.1, 0.15) is 11.8 Å². The van der Waals surface area contributed by atoms with E-state index in [0.29, 0.717) is 32.8 Å². The molecule has 2 aliphatic heterocycles. The molecule has 0 radical (unpaired) electrons. The molecule has 1 amide bonds. The first kappa shape index (κ1) is 12.9. The Bertz CT molecular complexity index is 552. The lowest BCUT2D eigenvalue weighted by molar-refractivity contribution is -0.140. The Morgan fingerprint density at radius 3 is 3.05 bits per heavy atom. The van der Waals surface area contributed by atoms with Crippen molar-refractivity contribution in [2.45, 2.75) is 18.4 Å². The summed E-state index contributed by atoms with van der Waals surface area (Å²) in [5.41, 5.74) is 0.923. The van der Waals surface area contributed by atoms with Crippen LogP contribution in [0.2, 0.25) is 0 Å². The highest BCUT2D eigenvalue weighted by atomic mass is 16.5. The summed E-state index contributed by atoms with van der Waals surface area (Å²) in [6.07, 6.45) is 0.658. The summed E-state index contributed by atoms with van der Waals surface area (Å²) in [7, 11) is 0. The zero-order valence-corrected chi connectivity index (χ0v) is 11.1. The molecule has 3 rings (SSSR count). The number of hydrogen-bond donors (Lipinski definition) is 0. The first-order valence-corrected chi connectivity index (χ1v) is 6.81. The Balaban J connectivity index is 1.86. The average molecular weight is 272 g/mol. The van der Waals surface area contributed by atoms with Gasteiger partial charge >= 0.3 is 0 Å². The summed E-state index contributed by atoms with van der Waals surface area (Å²) in [6, 6.07) is 9.29. The minimum Gasteiger partial charge on any atom is -0.493 e. The van der Waals surface area contributed by atoms with Crippen LogP contribution in [-0.4, -0.2) is 43.2 Å². The van der Waals surface area contributed by atoms with E-state index in [1.807, 2.05) is 24.3 Å². The maximum Gasteiger partial charge on any atom is 0.231 e. The van der Waals surface area contributed by atoms with Crippen LogP contribution in [0.5, 0.6) is 5.75 Å². The molecule has 2 aliphatic rings. The van der Waals surface area contributed by atoms with Gasteiger partial charge in [-0.05, 0) is 12.5 Å². The van der Waals surface area contributed by atoms with Crippen LogP contribution in [0.4, 0.5) is 0 Å². The van der Waals surface area contributed by atoms with Gasteiger partial charge in [0.15, 0.2) is 0 Å². The number of morpholine rings is 1. The van der Waals surface area contributed by atoms with Gasteiger partial charge in [-0.3, -0.25) is 4.79 Å². The molecule has 20 heavy (non-hydrogen) atoms. The third-order valence-corrected chi connectivity index (χ3v) is 3.82. The third-order valence-electron chi connectivity index (χ3n) is 3.82. The van der Waals surface area contributed by atoms with Crippen LogP contribution >= 0.6 is 0 Å². The lowest BCUT2D eigenvalue weighted by Gasteiger charge is -2.35. The topological polar surface area (TPSA) is 62.6 Å². The summed E-state index contributed by atoms with van der Waals surface area (Å²) in [5, 5.41) is 9.16. The average Bonchev–Trinajstić information content (AvgIpc) is 2.53. The number of nitriles is 1. The standard InChI is InChI=1S/C15H16N2O3/c16-9-11-10-19-8-6-17(11)15(18)13-5-7-20-14-4-2-1-3-12(13)14/h1-4,11,13H,5-8,10H2/t11-,13+/m0/s1. The molecule has 1 aromatic carbocycles. The van der Waals surface area contributed by atoms with E-state index in [4.69, 9.17) is 14.7 Å². The predicted octanol–water partition coefficient (Wildman–Crippen LogP) is 1.30. The molecule has 1 fully saturated rings. The molecule has 0 spiro atoms. The van der Waals surface area contributed by atoms with Crippen LogP contribution in [-0.2, 0) is 9.53 Å². The van der Waals surface area contributed by atoms with Gasteiger partial charge < -0.3 is 14.4 Å². The second-order valence-corrected chi connectivity index (χ2v) is 4.98. The normalized spacial score (nSPS) is 25.2. The molecule has 2 heterocycles. The SMILES string of the molecule is N#C[C@H]1COCCN1C(=O)[C@@H]1CCOc2ccccc21. The number of amides is 1. The first-order valence-electron chi connectivity index (χ1n) is 6.81. The van der Waals surface area contributed by atoms with Crippen molar-refractivity contribution >= 4 is 5.91 Å². The molecule has 0 unspecified atom stereocenters. The molecule has 1 aromatic rings. The van der Waals surface area contributed by atoms with Crippen LogP contribution in [0.1, 0.15) is 17.9 Å². The maximum atomic E-state index is 12.7. The lowest BCUT2D eigenvalue weighted by atomic mass is 9.91. The van der Waals surface area contributed by atoms with E-state index in [9.17, 15) is 4.79 Å². The first-order chi connectivity index (χ1) is 9.81. The highest BCUT2D eigenvalue weighted by Gasteiger charge is 2.35. The second kappa shape index (κ2) is 5.51. The van der Waals surface area contributed by atoms with E-state index in [0.717, 1.165) is 11.3 Å². The van der Waals surface area contributed by atoms with Crippen LogP contribution in [0.15, 0.2) is 24.3 Å². The van der Waals surface area contributed by atoms with E-state index >= 15 is 0 Å². The lowest BCUT2D eigenvalue weighted by Crippen LogP contribution is -2.50. The minimum absolute atomic E-state index is 0.00981. The fraction of sp³-hybridized carbons (Fsp3) is 0.467. The van der Waals surface area contributed by atoms with Crippen molar-refractivity contribution in [1.29, 1.82) is 5.26 Å². The van der Waals surface area contributed by atoms with Crippen molar-refractivity contribution in [1.82, 2.24) is 4.90 Å². The maximum absolute atomic E-state index is 12.7. The second-order valence-electron chi connectivity index (χ2n) is 4.98. The number of rotatable bonds is 1. The van der Waals surface area contributed by atoms with E-state index in [1.165, 1.54) is 0 Å². The smallest absolute Gasteiger partial charge is 0.231 e. The van der Waals surface area contributed by atoms with Crippen molar-refractivity contribution in [3.8, 4) is 11.8 Å². The molecule has 0 aromatic heterocycles. The Morgan fingerprint density at radius 2 is 2.20 bits per heavy atom. The number of ether oxygens (including phenoxy) is 2. The number of hydrogen-bond acceptors (Lipinski definition) is 4. The zero-order valence-electron chi connectivity index (χ0n) is 11.1. The van der Waals surface area contributed by atoms with Crippen LogP contribution < -0.4 is 4.74 Å². The number of carbonyl (C=O) groups is 1. The highest BCUT2D eigenvalue weighted by Crippen LogP contribution is 2.35. The molecule has 0 saturated carbocycles. The summed E-state index contributed by atoms with van der Waals surface area (Å²) >= 11 is 0. The number of para-hydroxylation sites is 1. The summed E-state index contributed by atoms with van der Waals surface area (Å²) in [5.74, 6) is 0.573. The molecule has 2 atom stereocenters. The Hall–Kier alpha value is -2.06. The van der Waals surface area contributed by atoms with E-state index in [-0.39, 0.29) is 11.8 Å². The van der Waals surface area contributed by atoms with Crippen molar-refractivity contribution in [3.63, 3.8) is 0 Å². The Labute approximate surface area is 117 Å². The van der Waals surface area contributed by atoms with Crippen LogP contribution in [0.25, 0.3) is 0 Å². The summed E-state index contributed by atoms with van der Waals surface area (Å²) < 4.78 is 10.9. The number of carbonyl (C=O) groups excluding carboxylic acids is 1. The van der Waals surface area contributed by atoms with Crippen LogP contribution in [0.3, 0.4) is 0 Å². The third kappa shape index (κ3) is 2.23. The Kier molecular flexibility index (Phi) is 3.57. The van der Waals surface area contributed by atoms with Gasteiger partial charge in [-0.2, -0.15) is 5.26 Å². The Morgan fingerprint density at radius 1 is 1.35 bits per heavy atom. The van der Waals surface area contributed by atoms with Crippen LogP contribution in [0, 0.1) is 11.3 Å². The van der Waals surface area contributed by atoms with E-state index < -0.39 is 6.04 Å². The quantitative estimate of drug-likeness (QED) is 0.773. The predicted molar refractivity (Wildman–Crippen MR) is 71.2 cm³/mol. The number of benzene rings is 1. The van der Waals surface area contributed by atoms with Gasteiger partial charge in [0, 0.05) is 12.1 Å². The fourth-order valence-corrected chi connectivity index (χ4v) is 2.77. The van der Waals surface area contributed by atoms with Gasteiger partial charge in [0.2, 0.25) is 5.91 Å². The molecule has 0 bridgehead atoms. The summed E-state index contributed by atoms with van der Waals surface area (Å²) in [6.45, 7) is 1.81. The molecule has 0 aliphatic carbocycles. The largest absolute Gasteiger partial charge is 0.493 e. The summed E-state index contributed by atoms with van der Waals surface area (Å²) in [4.78, 5) is 14.4. The fourth-order valence-electron chi connectivity index (χ4n) is 2.77. The van der Waals surface area contributed by atoms with Crippen molar-refractivity contribution < 1.29 is 14.3 Å². The van der Waals surface area contributed by atoms with E-state index in [2.05, 4.69) is 6.07 Å². The number of nitrogens with zero attached hydrogens (tertiary/aromatic N) is 2. The monoisotopic (exact) mass is 272 g/mol. The van der Waals surface area contributed by atoms with Gasteiger partial charge in [-0.1, -0.05) is 18.2 Å². The van der Waals surface area contributed by atoms with Crippen molar-refractivity contribution in [3.05, 3.63) is 29.8 Å². The molecule has 5 heteroatoms. The highest BCUT2D eigenvalue weighted by molar-refractivity contribution is 5.85.